The van der Waals surface area contributed by atoms with E-state index in [4.69, 9.17) is 0 Å². The third kappa shape index (κ3) is 6.00. The van der Waals surface area contributed by atoms with Crippen LogP contribution in [0.4, 0.5) is 0 Å². The molecule has 0 bridgehead atoms. The van der Waals surface area contributed by atoms with Crippen LogP contribution >= 0.6 is 0 Å². The molecule has 1 aromatic heterocycles. The van der Waals surface area contributed by atoms with Crippen LogP contribution in [0.25, 0.3) is 0 Å². The Balaban J connectivity index is 0.00000116. The molecule has 2 aromatic rings. The van der Waals surface area contributed by atoms with Gasteiger partial charge in [0.05, 0.1) is 12.0 Å². The van der Waals surface area contributed by atoms with Crippen molar-refractivity contribution in [1.82, 2.24) is 19.8 Å². The summed E-state index contributed by atoms with van der Waals surface area (Å²) in [4.78, 5) is 6.73. The fourth-order valence-electron chi connectivity index (χ4n) is 2.25. The Morgan fingerprint density at radius 2 is 1.91 bits per heavy atom. The zero-order valence-corrected chi connectivity index (χ0v) is 14.4. The predicted molar refractivity (Wildman–Crippen MR) is 94.0 cm³/mol. The van der Waals surface area contributed by atoms with Crippen LogP contribution in [0.1, 0.15) is 32.0 Å². The van der Waals surface area contributed by atoms with Crippen molar-refractivity contribution >= 4 is 0 Å². The molecule has 1 heterocycles. The summed E-state index contributed by atoms with van der Waals surface area (Å²) >= 11 is 0. The van der Waals surface area contributed by atoms with Crippen LogP contribution < -0.4 is 5.32 Å². The second-order valence-corrected chi connectivity index (χ2v) is 4.97. The molecule has 1 aromatic carbocycles. The molecule has 0 saturated carbocycles. The van der Waals surface area contributed by atoms with Gasteiger partial charge in [-0.1, -0.05) is 51.1 Å². The van der Waals surface area contributed by atoms with Crippen molar-refractivity contribution in [1.29, 1.82) is 0 Å². The van der Waals surface area contributed by atoms with E-state index in [1.54, 1.807) is 0 Å². The van der Waals surface area contributed by atoms with Gasteiger partial charge in [0.25, 0.3) is 0 Å². The summed E-state index contributed by atoms with van der Waals surface area (Å²) in [6.07, 6.45) is 3.90. The molecule has 4 heteroatoms. The zero-order chi connectivity index (χ0) is 16.2. The quantitative estimate of drug-likeness (QED) is 0.814. The van der Waals surface area contributed by atoms with Crippen molar-refractivity contribution in [2.45, 2.75) is 33.9 Å². The van der Waals surface area contributed by atoms with E-state index in [0.29, 0.717) is 0 Å². The standard InChI is InChI=1S/C16H24N4.C2H6/c1-3-19(10-9-17-2)13-16-11-18-14-20(16)12-15-7-5-4-6-8-15;1-2/h4-8,11,14,17H,3,9-10,12-13H2,1-2H3;1-2H3. The Morgan fingerprint density at radius 1 is 1.18 bits per heavy atom. The largest absolute Gasteiger partial charge is 0.329 e. The summed E-state index contributed by atoms with van der Waals surface area (Å²) in [6.45, 7) is 11.2. The fraction of sp³-hybridized carbons (Fsp3) is 0.500. The molecule has 2 rings (SSSR count). The molecule has 0 aliphatic carbocycles. The van der Waals surface area contributed by atoms with E-state index in [1.165, 1.54) is 11.3 Å². The molecule has 22 heavy (non-hydrogen) atoms. The number of nitrogens with one attached hydrogen (secondary N) is 1. The van der Waals surface area contributed by atoms with Crippen molar-refractivity contribution in [3.8, 4) is 0 Å². The van der Waals surface area contributed by atoms with Crippen LogP contribution in [0, 0.1) is 0 Å². The lowest BCUT2D eigenvalue weighted by molar-refractivity contribution is 0.275. The van der Waals surface area contributed by atoms with E-state index in [9.17, 15) is 0 Å². The predicted octanol–water partition coefficient (Wildman–Crippen LogP) is 3.00. The van der Waals surface area contributed by atoms with Gasteiger partial charge in [0.2, 0.25) is 0 Å². The van der Waals surface area contributed by atoms with E-state index in [0.717, 1.165) is 32.7 Å². The fourth-order valence-corrected chi connectivity index (χ4v) is 2.25. The molecule has 122 valence electrons. The van der Waals surface area contributed by atoms with Gasteiger partial charge in [-0.3, -0.25) is 4.90 Å². The second-order valence-electron chi connectivity index (χ2n) is 4.97. The number of likely N-dealkylation sites (N-methyl/N-ethyl adjacent to an activating group) is 2. The van der Waals surface area contributed by atoms with Crippen molar-refractivity contribution in [2.24, 2.45) is 0 Å². The van der Waals surface area contributed by atoms with Crippen molar-refractivity contribution in [3.63, 3.8) is 0 Å². The van der Waals surface area contributed by atoms with Gasteiger partial charge in [-0.2, -0.15) is 0 Å². The topological polar surface area (TPSA) is 33.1 Å². The number of nitrogens with zero attached hydrogens (tertiary/aromatic N) is 3. The molecule has 1 N–H and O–H groups in total. The van der Waals surface area contributed by atoms with Crippen LogP contribution in [-0.4, -0.2) is 41.1 Å². The van der Waals surface area contributed by atoms with Gasteiger partial charge in [0.15, 0.2) is 0 Å². The summed E-state index contributed by atoms with van der Waals surface area (Å²) < 4.78 is 2.23. The Hall–Kier alpha value is -1.65. The molecule has 0 aliphatic heterocycles. The average molecular weight is 302 g/mol. The van der Waals surface area contributed by atoms with Crippen LogP contribution in [0.15, 0.2) is 42.9 Å². The Bertz CT molecular complexity index is 493. The van der Waals surface area contributed by atoms with Gasteiger partial charge in [-0.05, 0) is 19.2 Å². The van der Waals surface area contributed by atoms with Gasteiger partial charge in [0.1, 0.15) is 0 Å². The maximum Gasteiger partial charge on any atom is 0.0951 e. The molecule has 0 spiro atoms. The van der Waals surface area contributed by atoms with Crippen molar-refractivity contribution in [3.05, 3.63) is 54.1 Å². The van der Waals surface area contributed by atoms with Gasteiger partial charge < -0.3 is 9.88 Å². The normalized spacial score (nSPS) is 10.4. The Morgan fingerprint density at radius 3 is 2.55 bits per heavy atom. The minimum Gasteiger partial charge on any atom is -0.329 e. The second kappa shape index (κ2) is 11.0. The van der Waals surface area contributed by atoms with Crippen LogP contribution in [0.2, 0.25) is 0 Å². The van der Waals surface area contributed by atoms with E-state index in [1.807, 2.05) is 33.4 Å². The molecular weight excluding hydrogens is 272 g/mol. The first kappa shape index (κ1) is 18.4. The minimum absolute atomic E-state index is 0.889. The van der Waals surface area contributed by atoms with Crippen LogP contribution in [0.3, 0.4) is 0 Å². The molecule has 0 aliphatic rings. The maximum atomic E-state index is 4.31. The van der Waals surface area contributed by atoms with Gasteiger partial charge in [-0.25, -0.2) is 4.98 Å². The van der Waals surface area contributed by atoms with Crippen LogP contribution in [-0.2, 0) is 13.1 Å². The van der Waals surface area contributed by atoms with Crippen LogP contribution in [0.5, 0.6) is 0 Å². The van der Waals surface area contributed by atoms with E-state index < -0.39 is 0 Å². The molecule has 0 saturated heterocycles. The number of aromatic nitrogens is 2. The highest BCUT2D eigenvalue weighted by Gasteiger charge is 2.08. The lowest BCUT2D eigenvalue weighted by Gasteiger charge is -2.20. The molecule has 0 fully saturated rings. The zero-order valence-electron chi connectivity index (χ0n) is 14.4. The first-order chi connectivity index (χ1) is 10.8. The summed E-state index contributed by atoms with van der Waals surface area (Å²) in [7, 11) is 1.99. The molecule has 0 radical (unpaired) electrons. The first-order valence-electron chi connectivity index (χ1n) is 8.23. The number of hydrogen-bond donors (Lipinski definition) is 1. The number of imidazole rings is 1. The first-order valence-corrected chi connectivity index (χ1v) is 8.23. The lowest BCUT2D eigenvalue weighted by atomic mass is 10.2. The highest BCUT2D eigenvalue weighted by molar-refractivity contribution is 5.16. The molecular formula is C18H30N4. The van der Waals surface area contributed by atoms with Crippen molar-refractivity contribution < 1.29 is 0 Å². The summed E-state index contributed by atoms with van der Waals surface area (Å²) in [6, 6.07) is 10.5. The SMILES string of the molecule is CC.CCN(CCNC)Cc1cncn1Cc1ccccc1. The number of rotatable bonds is 8. The van der Waals surface area contributed by atoms with Crippen molar-refractivity contribution in [2.75, 3.05) is 26.7 Å². The Kier molecular flexibility index (Phi) is 9.19. The highest BCUT2D eigenvalue weighted by Crippen LogP contribution is 2.08. The third-order valence-electron chi connectivity index (χ3n) is 3.51. The van der Waals surface area contributed by atoms with Gasteiger partial charge in [-0.15, -0.1) is 0 Å². The van der Waals surface area contributed by atoms with E-state index >= 15 is 0 Å². The van der Waals surface area contributed by atoms with Gasteiger partial charge in [0, 0.05) is 32.4 Å². The highest BCUT2D eigenvalue weighted by atomic mass is 15.2. The van der Waals surface area contributed by atoms with E-state index in [-0.39, 0.29) is 0 Å². The Labute approximate surface area is 135 Å². The third-order valence-corrected chi connectivity index (χ3v) is 3.51. The number of hydrogen-bond acceptors (Lipinski definition) is 3. The number of benzene rings is 1. The smallest absolute Gasteiger partial charge is 0.0951 e. The average Bonchev–Trinajstić information content (AvgIpc) is 3.01. The van der Waals surface area contributed by atoms with E-state index in [2.05, 4.69) is 57.0 Å². The maximum absolute atomic E-state index is 4.31. The summed E-state index contributed by atoms with van der Waals surface area (Å²) in [5.74, 6) is 0. The summed E-state index contributed by atoms with van der Waals surface area (Å²) in [5.41, 5.74) is 2.58. The minimum atomic E-state index is 0.889. The molecule has 0 amide bonds. The monoisotopic (exact) mass is 302 g/mol. The van der Waals surface area contributed by atoms with Gasteiger partial charge >= 0.3 is 0 Å². The molecule has 0 unspecified atom stereocenters. The lowest BCUT2D eigenvalue weighted by Crippen LogP contribution is -2.31. The molecule has 0 atom stereocenters. The summed E-state index contributed by atoms with van der Waals surface area (Å²) in [5, 5.41) is 3.20. The molecule has 4 nitrogen and oxygen atoms in total.